The fourth-order valence-corrected chi connectivity index (χ4v) is 5.30. The first-order chi connectivity index (χ1) is 22.5. The molecule has 2 aliphatic heterocycles. The van der Waals surface area contributed by atoms with Gasteiger partial charge >= 0.3 is 0 Å². The standard InChI is InChI=1S/C30H54N10O7/c1-23(37-24(2)41)22-40-16-10-36-30(47)21-28(45)33-7-13-38-11-4-3-5-31-25(42)19-26(43)34-8-14-39(17-18-40)15-9-35-29(46)20-27(44)32-6-12-38/h23H,3-22H2,1-2H3,(H,31,42)(H,32,44)(H,33,45)(H,34,43)(H,35,46)(H,36,47)(H,37,41). The average molecular weight is 667 g/mol. The number of hydrogen-bond acceptors (Lipinski definition) is 10. The molecule has 2 bridgehead atoms. The second-order valence-electron chi connectivity index (χ2n) is 11.9. The van der Waals surface area contributed by atoms with Gasteiger partial charge in [-0.2, -0.15) is 0 Å². The number of carbonyl (C=O) groups excluding carboxylic acids is 7. The molecular formula is C30H54N10O7. The molecule has 0 radical (unpaired) electrons. The Morgan fingerprint density at radius 2 is 0.936 bits per heavy atom. The zero-order valence-electron chi connectivity index (χ0n) is 27.9. The molecule has 7 N–H and O–H groups in total. The Bertz CT molecular complexity index is 1060. The first kappa shape index (κ1) is 39.3. The van der Waals surface area contributed by atoms with E-state index in [1.165, 1.54) is 6.92 Å². The molecule has 3 unspecified atom stereocenters. The second-order valence-corrected chi connectivity index (χ2v) is 11.9. The first-order valence-corrected chi connectivity index (χ1v) is 16.5. The molecule has 2 rings (SSSR count). The molecule has 0 saturated carbocycles. The van der Waals surface area contributed by atoms with Crippen molar-refractivity contribution in [2.75, 3.05) is 98.2 Å². The topological polar surface area (TPSA) is 213 Å². The molecule has 0 aromatic carbocycles. The van der Waals surface area contributed by atoms with E-state index in [0.29, 0.717) is 91.5 Å². The highest BCUT2D eigenvalue weighted by Crippen LogP contribution is 1.99. The third kappa shape index (κ3) is 19.4. The first-order valence-electron chi connectivity index (χ1n) is 16.5. The maximum Gasteiger partial charge on any atom is 0.229 e. The Morgan fingerprint density at radius 1 is 0.553 bits per heavy atom. The lowest BCUT2D eigenvalue weighted by molar-refractivity contribution is -0.131. The van der Waals surface area contributed by atoms with Gasteiger partial charge in [-0.25, -0.2) is 0 Å². The van der Waals surface area contributed by atoms with Crippen LogP contribution in [0.5, 0.6) is 0 Å². The predicted molar refractivity (Wildman–Crippen MR) is 174 cm³/mol. The maximum atomic E-state index is 12.5. The van der Waals surface area contributed by atoms with Crippen molar-refractivity contribution in [1.82, 2.24) is 51.9 Å². The molecule has 2 saturated heterocycles. The molecule has 3 atom stereocenters. The van der Waals surface area contributed by atoms with Crippen LogP contribution in [-0.2, 0) is 33.6 Å². The summed E-state index contributed by atoms with van der Waals surface area (Å²) in [4.78, 5) is 92.5. The maximum absolute atomic E-state index is 12.5. The summed E-state index contributed by atoms with van der Waals surface area (Å²) in [5.41, 5.74) is 0. The van der Waals surface area contributed by atoms with Crippen LogP contribution in [0.3, 0.4) is 0 Å². The summed E-state index contributed by atoms with van der Waals surface area (Å²) in [5.74, 6) is -2.49. The molecule has 17 nitrogen and oxygen atoms in total. The van der Waals surface area contributed by atoms with Gasteiger partial charge in [-0.05, 0) is 26.3 Å². The molecule has 17 heteroatoms. The third-order valence-corrected chi connectivity index (χ3v) is 7.65. The van der Waals surface area contributed by atoms with Crippen LogP contribution in [0.25, 0.3) is 0 Å². The Balaban J connectivity index is 2.24. The van der Waals surface area contributed by atoms with Crippen molar-refractivity contribution >= 4 is 41.4 Å². The SMILES string of the molecule is CC(=O)NC(C)CN1CCNC(=O)CC(=O)NCCN2CCCCNC(=O)CC(=O)NCCN(CCNC(=O)CC(=O)NCC2)CC1. The lowest BCUT2D eigenvalue weighted by Crippen LogP contribution is -2.48. The van der Waals surface area contributed by atoms with Crippen LogP contribution in [-0.4, -0.2) is 160 Å². The molecule has 2 fully saturated rings. The number of fused-ring (bicyclic) bond motifs is 10. The molecule has 2 heterocycles. The number of carbonyl (C=O) groups is 7. The third-order valence-electron chi connectivity index (χ3n) is 7.65. The quantitative estimate of drug-likeness (QED) is 0.145. The second kappa shape index (κ2) is 22.7. The van der Waals surface area contributed by atoms with E-state index < -0.39 is 23.6 Å². The van der Waals surface area contributed by atoms with Gasteiger partial charge in [0.15, 0.2) is 0 Å². The van der Waals surface area contributed by atoms with Gasteiger partial charge in [0.2, 0.25) is 41.4 Å². The van der Waals surface area contributed by atoms with Gasteiger partial charge in [0.25, 0.3) is 0 Å². The highest BCUT2D eigenvalue weighted by atomic mass is 16.2. The molecule has 7 amide bonds. The van der Waals surface area contributed by atoms with Crippen LogP contribution in [0.4, 0.5) is 0 Å². The molecule has 266 valence electrons. The highest BCUT2D eigenvalue weighted by Gasteiger charge is 2.17. The van der Waals surface area contributed by atoms with Gasteiger partial charge in [-0.1, -0.05) is 0 Å². The zero-order valence-corrected chi connectivity index (χ0v) is 27.9. The van der Waals surface area contributed by atoms with Crippen LogP contribution >= 0.6 is 0 Å². The van der Waals surface area contributed by atoms with Crippen LogP contribution in [0.2, 0.25) is 0 Å². The molecule has 0 aromatic rings. The summed E-state index contributed by atoms with van der Waals surface area (Å²) in [6, 6.07) is -0.170. The molecule has 2 aliphatic rings. The van der Waals surface area contributed by atoms with Crippen molar-refractivity contribution < 1.29 is 33.6 Å². The summed E-state index contributed by atoms with van der Waals surface area (Å²) in [6.07, 6.45) is 0.496. The van der Waals surface area contributed by atoms with Crippen molar-refractivity contribution in [3.63, 3.8) is 0 Å². The van der Waals surface area contributed by atoms with Gasteiger partial charge in [0.1, 0.15) is 19.3 Å². The fourth-order valence-electron chi connectivity index (χ4n) is 5.30. The summed E-state index contributed by atoms with van der Waals surface area (Å²) in [6.45, 7) is 9.60. The Hall–Kier alpha value is -3.83. The number of hydrogen-bond donors (Lipinski definition) is 7. The van der Waals surface area contributed by atoms with Gasteiger partial charge < -0.3 is 37.2 Å². The Kier molecular flexibility index (Phi) is 19.0. The fraction of sp³-hybridized carbons (Fsp3) is 0.767. The average Bonchev–Trinajstić information content (AvgIpc) is 2.97. The van der Waals surface area contributed by atoms with E-state index in [0.717, 1.165) is 6.42 Å². The minimum Gasteiger partial charge on any atom is -0.356 e. The van der Waals surface area contributed by atoms with Crippen LogP contribution in [0.15, 0.2) is 0 Å². The molecule has 47 heavy (non-hydrogen) atoms. The van der Waals surface area contributed by atoms with Crippen molar-refractivity contribution in [3.05, 3.63) is 0 Å². The van der Waals surface area contributed by atoms with Crippen LogP contribution in [0.1, 0.15) is 46.0 Å². The normalized spacial score (nSPS) is 24.5. The summed E-state index contributed by atoms with van der Waals surface area (Å²) >= 11 is 0. The number of nitrogens with one attached hydrogen (secondary N) is 7. The molecule has 0 aromatic heterocycles. The summed E-state index contributed by atoms with van der Waals surface area (Å²) in [7, 11) is 0. The Labute approximate surface area is 277 Å². The smallest absolute Gasteiger partial charge is 0.229 e. The summed E-state index contributed by atoms with van der Waals surface area (Å²) in [5, 5.41) is 19.6. The van der Waals surface area contributed by atoms with E-state index in [1.54, 1.807) is 0 Å². The van der Waals surface area contributed by atoms with Crippen molar-refractivity contribution in [2.24, 2.45) is 0 Å². The molecule has 0 spiro atoms. The Morgan fingerprint density at radius 3 is 1.36 bits per heavy atom. The van der Waals surface area contributed by atoms with Crippen LogP contribution < -0.4 is 37.2 Å². The number of nitrogens with zero attached hydrogens (tertiary/aromatic N) is 3. The summed E-state index contributed by atoms with van der Waals surface area (Å²) < 4.78 is 0. The number of amides is 7. The van der Waals surface area contributed by atoms with E-state index in [9.17, 15) is 33.6 Å². The van der Waals surface area contributed by atoms with E-state index in [-0.39, 0.29) is 56.1 Å². The van der Waals surface area contributed by atoms with Gasteiger partial charge in [0, 0.05) is 105 Å². The van der Waals surface area contributed by atoms with Gasteiger partial charge in [0.05, 0.1) is 0 Å². The van der Waals surface area contributed by atoms with Crippen molar-refractivity contribution in [1.29, 1.82) is 0 Å². The monoisotopic (exact) mass is 666 g/mol. The van der Waals surface area contributed by atoms with E-state index in [4.69, 9.17) is 0 Å². The van der Waals surface area contributed by atoms with Gasteiger partial charge in [-0.15, -0.1) is 0 Å². The lowest BCUT2D eigenvalue weighted by Gasteiger charge is -2.30. The largest absolute Gasteiger partial charge is 0.356 e. The van der Waals surface area contributed by atoms with E-state index >= 15 is 0 Å². The molecule has 0 aliphatic carbocycles. The van der Waals surface area contributed by atoms with E-state index in [1.807, 2.05) is 16.7 Å². The predicted octanol–water partition coefficient (Wildman–Crippen LogP) is -3.91. The van der Waals surface area contributed by atoms with Crippen LogP contribution in [0, 0.1) is 0 Å². The van der Waals surface area contributed by atoms with Crippen molar-refractivity contribution in [3.8, 4) is 0 Å². The van der Waals surface area contributed by atoms with E-state index in [2.05, 4.69) is 42.1 Å². The van der Waals surface area contributed by atoms with Gasteiger partial charge in [-0.3, -0.25) is 48.3 Å². The zero-order chi connectivity index (χ0) is 34.4. The minimum absolute atomic E-state index is 0.160. The highest BCUT2D eigenvalue weighted by molar-refractivity contribution is 5.97. The minimum atomic E-state index is -0.400. The van der Waals surface area contributed by atoms with Crippen molar-refractivity contribution in [2.45, 2.75) is 52.0 Å². The number of rotatable bonds is 3. The lowest BCUT2D eigenvalue weighted by atomic mass is 10.2. The molecular weight excluding hydrogens is 612 g/mol.